The number of ketones is 1. The first kappa shape index (κ1) is 12.1. The summed E-state index contributed by atoms with van der Waals surface area (Å²) in [7, 11) is 0. The molecule has 3 heterocycles. The normalized spacial score (nSPS) is 37.4. The van der Waals surface area contributed by atoms with Gasteiger partial charge in [0.2, 0.25) is 0 Å². The van der Waals surface area contributed by atoms with Crippen LogP contribution < -0.4 is 0 Å². The van der Waals surface area contributed by atoms with Gasteiger partial charge in [-0.15, -0.1) is 0 Å². The van der Waals surface area contributed by atoms with Gasteiger partial charge in [-0.2, -0.15) is 0 Å². The summed E-state index contributed by atoms with van der Waals surface area (Å²) < 4.78 is 0. The summed E-state index contributed by atoms with van der Waals surface area (Å²) in [6.07, 6.45) is 1.08. The van der Waals surface area contributed by atoms with Crippen LogP contribution >= 0.6 is 0 Å². The molecule has 0 amide bonds. The molecule has 0 aliphatic carbocycles. The zero-order chi connectivity index (χ0) is 12.1. The molecule has 2 bridgehead atoms. The lowest BCUT2D eigenvalue weighted by molar-refractivity contribution is -0.160. The Morgan fingerprint density at radius 3 is 2.25 bits per heavy atom. The highest BCUT2D eigenvalue weighted by Crippen LogP contribution is 2.51. The van der Waals surface area contributed by atoms with Crippen molar-refractivity contribution in [1.82, 2.24) is 4.90 Å². The zero-order valence-corrected chi connectivity index (χ0v) is 11.3. The Bertz CT molecular complexity index is 287. The Hall–Kier alpha value is -0.370. The van der Waals surface area contributed by atoms with Gasteiger partial charge in [0.1, 0.15) is 0 Å². The van der Waals surface area contributed by atoms with Crippen molar-refractivity contribution in [2.75, 3.05) is 13.1 Å². The number of hydrogen-bond acceptors (Lipinski definition) is 2. The van der Waals surface area contributed by atoms with Gasteiger partial charge in [-0.25, -0.2) is 0 Å². The predicted octanol–water partition coefficient (Wildman–Crippen LogP) is 2.58. The summed E-state index contributed by atoms with van der Waals surface area (Å²) >= 11 is 0. The molecule has 0 saturated carbocycles. The van der Waals surface area contributed by atoms with E-state index in [1.165, 1.54) is 0 Å². The van der Waals surface area contributed by atoms with E-state index in [4.69, 9.17) is 0 Å². The summed E-state index contributed by atoms with van der Waals surface area (Å²) in [5.41, 5.74) is 0.224. The van der Waals surface area contributed by atoms with Gasteiger partial charge in [-0.1, -0.05) is 27.7 Å². The number of piperidine rings is 3. The Labute approximate surface area is 99.4 Å². The molecule has 3 aliphatic heterocycles. The first-order valence-corrected chi connectivity index (χ1v) is 6.69. The summed E-state index contributed by atoms with van der Waals surface area (Å²) in [5, 5.41) is 0. The minimum absolute atomic E-state index is 0.171. The van der Waals surface area contributed by atoms with Crippen LogP contribution in [0.2, 0.25) is 0 Å². The third kappa shape index (κ3) is 1.38. The van der Waals surface area contributed by atoms with Crippen molar-refractivity contribution in [3.63, 3.8) is 0 Å². The smallest absolute Gasteiger partial charge is 0.153 e. The fourth-order valence-electron chi connectivity index (χ4n) is 4.15. The Balaban J connectivity index is 2.39. The maximum Gasteiger partial charge on any atom is 0.153 e. The van der Waals surface area contributed by atoms with Gasteiger partial charge in [-0.3, -0.25) is 9.69 Å². The van der Waals surface area contributed by atoms with Crippen LogP contribution in [0.1, 0.15) is 41.0 Å². The highest BCUT2D eigenvalue weighted by Gasteiger charge is 2.56. The Kier molecular flexibility index (Phi) is 2.90. The molecule has 3 atom stereocenters. The molecule has 3 fully saturated rings. The highest BCUT2D eigenvalue weighted by molar-refractivity contribution is 5.88. The van der Waals surface area contributed by atoms with Gasteiger partial charge in [0, 0.05) is 12.5 Å². The molecule has 0 radical (unpaired) electrons. The molecule has 0 spiro atoms. The van der Waals surface area contributed by atoms with E-state index in [9.17, 15) is 4.79 Å². The van der Waals surface area contributed by atoms with Crippen LogP contribution in [0.25, 0.3) is 0 Å². The zero-order valence-electron chi connectivity index (χ0n) is 11.3. The largest absolute Gasteiger partial charge is 0.298 e. The number of rotatable bonds is 2. The van der Waals surface area contributed by atoms with E-state index in [1.807, 2.05) is 0 Å². The van der Waals surface area contributed by atoms with Gasteiger partial charge < -0.3 is 0 Å². The molecule has 2 nitrogen and oxygen atoms in total. The molecule has 3 unspecified atom stereocenters. The van der Waals surface area contributed by atoms with Crippen LogP contribution in [-0.4, -0.2) is 29.8 Å². The fraction of sp³-hybridized carbons (Fsp3) is 0.929. The van der Waals surface area contributed by atoms with E-state index < -0.39 is 0 Å². The molecule has 3 saturated heterocycles. The van der Waals surface area contributed by atoms with Gasteiger partial charge in [0.25, 0.3) is 0 Å². The van der Waals surface area contributed by atoms with E-state index in [-0.39, 0.29) is 11.5 Å². The average Bonchev–Trinajstić information content (AvgIpc) is 2.23. The first-order valence-electron chi connectivity index (χ1n) is 6.69. The average molecular weight is 223 g/mol. The molecule has 16 heavy (non-hydrogen) atoms. The lowest BCUT2D eigenvalue weighted by Gasteiger charge is -2.59. The topological polar surface area (TPSA) is 20.3 Å². The first-order chi connectivity index (χ1) is 7.41. The second-order valence-corrected chi connectivity index (χ2v) is 6.31. The van der Waals surface area contributed by atoms with Crippen LogP contribution in [0.3, 0.4) is 0 Å². The van der Waals surface area contributed by atoms with E-state index in [0.29, 0.717) is 23.5 Å². The molecule has 0 aromatic rings. The van der Waals surface area contributed by atoms with Crippen molar-refractivity contribution in [1.29, 1.82) is 0 Å². The van der Waals surface area contributed by atoms with Crippen molar-refractivity contribution in [2.24, 2.45) is 23.2 Å². The van der Waals surface area contributed by atoms with E-state index in [1.54, 1.807) is 0 Å². The molecular formula is C14H25NO. The molecule has 2 heteroatoms. The van der Waals surface area contributed by atoms with Crippen LogP contribution in [-0.2, 0) is 4.79 Å². The SMILES string of the molecule is CC1C(=O)C2CCN1CC2(C(C)C)C(C)C. The number of carbonyl (C=O) groups excluding carboxylic acids is 1. The lowest BCUT2D eigenvalue weighted by atomic mass is 9.54. The molecule has 0 aromatic heterocycles. The molecule has 3 rings (SSSR count). The van der Waals surface area contributed by atoms with E-state index >= 15 is 0 Å². The number of fused-ring (bicyclic) bond motifs is 3. The van der Waals surface area contributed by atoms with Crippen molar-refractivity contribution in [3.8, 4) is 0 Å². The van der Waals surface area contributed by atoms with Crippen LogP contribution in [0.15, 0.2) is 0 Å². The van der Waals surface area contributed by atoms with Crippen molar-refractivity contribution >= 4 is 5.78 Å². The molecule has 3 aliphatic rings. The van der Waals surface area contributed by atoms with Gasteiger partial charge in [0.05, 0.1) is 6.04 Å². The fourth-order valence-corrected chi connectivity index (χ4v) is 4.15. The van der Waals surface area contributed by atoms with Gasteiger partial charge >= 0.3 is 0 Å². The minimum atomic E-state index is 0.171. The van der Waals surface area contributed by atoms with E-state index in [2.05, 4.69) is 39.5 Å². The maximum atomic E-state index is 12.4. The Morgan fingerprint density at radius 2 is 1.81 bits per heavy atom. The van der Waals surface area contributed by atoms with Gasteiger partial charge in [0.15, 0.2) is 5.78 Å². The van der Waals surface area contributed by atoms with Crippen LogP contribution in [0, 0.1) is 23.2 Å². The molecular weight excluding hydrogens is 198 g/mol. The number of nitrogens with zero attached hydrogens (tertiary/aromatic N) is 1. The minimum Gasteiger partial charge on any atom is -0.298 e. The maximum absolute atomic E-state index is 12.4. The summed E-state index contributed by atoms with van der Waals surface area (Å²) in [5.74, 6) is 2.00. The second kappa shape index (κ2) is 3.83. The van der Waals surface area contributed by atoms with Crippen LogP contribution in [0.5, 0.6) is 0 Å². The summed E-state index contributed by atoms with van der Waals surface area (Å²) in [6, 6.07) is 0.171. The van der Waals surface area contributed by atoms with Crippen LogP contribution in [0.4, 0.5) is 0 Å². The number of carbonyl (C=O) groups is 1. The second-order valence-electron chi connectivity index (χ2n) is 6.31. The number of Topliss-reactive ketones (excluding diaryl/α,β-unsaturated/α-hetero) is 1. The van der Waals surface area contributed by atoms with Gasteiger partial charge in [-0.05, 0) is 37.1 Å². The number of hydrogen-bond donors (Lipinski definition) is 0. The van der Waals surface area contributed by atoms with Crippen molar-refractivity contribution in [2.45, 2.75) is 47.1 Å². The van der Waals surface area contributed by atoms with Crippen molar-refractivity contribution in [3.05, 3.63) is 0 Å². The monoisotopic (exact) mass is 223 g/mol. The predicted molar refractivity (Wildman–Crippen MR) is 66.3 cm³/mol. The van der Waals surface area contributed by atoms with Crippen molar-refractivity contribution < 1.29 is 4.79 Å². The summed E-state index contributed by atoms with van der Waals surface area (Å²) in [6.45, 7) is 13.5. The highest BCUT2D eigenvalue weighted by atomic mass is 16.1. The van der Waals surface area contributed by atoms with E-state index in [0.717, 1.165) is 19.5 Å². The third-order valence-corrected chi connectivity index (χ3v) is 5.28. The molecule has 0 aromatic carbocycles. The molecule has 92 valence electrons. The summed E-state index contributed by atoms with van der Waals surface area (Å²) in [4.78, 5) is 14.8. The standard InChI is InChI=1S/C14H25NO/c1-9(2)14(10(3)4)8-15-7-6-12(14)13(16)11(15)5/h9-12H,6-8H2,1-5H3. The third-order valence-electron chi connectivity index (χ3n) is 5.28. The quantitative estimate of drug-likeness (QED) is 0.717. The molecule has 0 N–H and O–H groups in total. The lowest BCUT2D eigenvalue weighted by Crippen LogP contribution is -2.66. The Morgan fingerprint density at radius 1 is 1.25 bits per heavy atom.